The summed E-state index contributed by atoms with van der Waals surface area (Å²) in [5.74, 6) is -1.24. The molecule has 0 spiro atoms. The van der Waals surface area contributed by atoms with Gasteiger partial charge >= 0.3 is 6.18 Å². The van der Waals surface area contributed by atoms with Crippen molar-refractivity contribution in [2.75, 3.05) is 23.3 Å². The summed E-state index contributed by atoms with van der Waals surface area (Å²) in [6, 6.07) is 14.7. The highest BCUT2D eigenvalue weighted by Gasteiger charge is 2.33. The summed E-state index contributed by atoms with van der Waals surface area (Å²) >= 11 is 1.07. The van der Waals surface area contributed by atoms with Gasteiger partial charge in [-0.05, 0) is 42.8 Å². The lowest BCUT2D eigenvalue weighted by Gasteiger charge is -2.16. The number of alkyl halides is 3. The van der Waals surface area contributed by atoms with Crippen LogP contribution in [0.3, 0.4) is 0 Å². The molecule has 2 N–H and O–H groups in total. The number of carbonyl (C=O) groups is 1. The summed E-state index contributed by atoms with van der Waals surface area (Å²) in [5, 5.41) is 2.75. The Morgan fingerprint density at radius 3 is 2.45 bits per heavy atom. The number of anilines is 1. The maximum Gasteiger partial charge on any atom is 0.433 e. The number of pyridine rings is 1. The van der Waals surface area contributed by atoms with Gasteiger partial charge in [-0.25, -0.2) is 17.8 Å². The molecular weight excluding hydrogens is 546 g/mol. The minimum Gasteiger partial charge on any atom is -0.493 e. The van der Waals surface area contributed by atoms with Gasteiger partial charge in [0.2, 0.25) is 15.9 Å². The molecule has 0 aliphatic heterocycles. The smallest absolute Gasteiger partial charge is 0.433 e. The molecule has 3 aromatic rings. The topological polar surface area (TPSA) is 97.4 Å². The summed E-state index contributed by atoms with van der Waals surface area (Å²) < 4.78 is 84.3. The van der Waals surface area contributed by atoms with Crippen molar-refractivity contribution in [1.29, 1.82) is 0 Å². The van der Waals surface area contributed by atoms with Crippen molar-refractivity contribution in [3.05, 3.63) is 83.3 Å². The van der Waals surface area contributed by atoms with E-state index in [1.807, 2.05) is 10.8 Å². The quantitative estimate of drug-likeness (QED) is 0.187. The Morgan fingerprint density at radius 2 is 1.82 bits per heavy atom. The molecule has 1 atom stereocenters. The van der Waals surface area contributed by atoms with Gasteiger partial charge < -0.3 is 10.1 Å². The Hall–Kier alpha value is -3.32. The largest absolute Gasteiger partial charge is 0.493 e. The number of carbonyl (C=O) groups excluding carboxylic acids is 1. The van der Waals surface area contributed by atoms with Gasteiger partial charge in [-0.2, -0.15) is 13.2 Å². The minimum atomic E-state index is -4.63. The Labute approximate surface area is 222 Å². The van der Waals surface area contributed by atoms with E-state index < -0.39 is 39.5 Å². The third-order valence-corrected chi connectivity index (χ3v) is 6.79. The molecule has 204 valence electrons. The number of sulfonamides is 1. The van der Waals surface area contributed by atoms with E-state index in [1.165, 1.54) is 25.1 Å². The van der Waals surface area contributed by atoms with Crippen LogP contribution >= 0.6 is 11.8 Å². The number of amides is 1. The van der Waals surface area contributed by atoms with Gasteiger partial charge in [-0.1, -0.05) is 30.3 Å². The van der Waals surface area contributed by atoms with Gasteiger partial charge in [-0.3, -0.25) is 9.52 Å². The molecular formula is C25H25F4N3O4S2. The first-order valence-electron chi connectivity index (χ1n) is 11.3. The molecule has 0 aliphatic carbocycles. The molecule has 0 saturated heterocycles. The first-order valence-corrected chi connectivity index (χ1v) is 14.1. The van der Waals surface area contributed by atoms with Gasteiger partial charge in [0, 0.05) is 17.9 Å². The number of hydrogen-bond donors (Lipinski definition) is 2. The highest BCUT2D eigenvalue weighted by atomic mass is 32.2. The van der Waals surface area contributed by atoms with Crippen LogP contribution in [0.25, 0.3) is 0 Å². The molecule has 38 heavy (non-hydrogen) atoms. The molecule has 1 unspecified atom stereocenters. The summed E-state index contributed by atoms with van der Waals surface area (Å²) in [4.78, 5) is 16.5. The molecule has 7 nitrogen and oxygen atoms in total. The van der Waals surface area contributed by atoms with E-state index in [0.717, 1.165) is 30.2 Å². The molecule has 1 aromatic heterocycles. The fourth-order valence-electron chi connectivity index (χ4n) is 3.27. The van der Waals surface area contributed by atoms with Crippen LogP contribution in [0.15, 0.2) is 65.7 Å². The second-order valence-electron chi connectivity index (χ2n) is 8.22. The van der Waals surface area contributed by atoms with Crippen molar-refractivity contribution in [3.63, 3.8) is 0 Å². The zero-order valence-corrected chi connectivity index (χ0v) is 22.0. The predicted octanol–water partition coefficient (Wildman–Crippen LogP) is 5.20. The van der Waals surface area contributed by atoms with Crippen LogP contribution in [0.4, 0.5) is 23.2 Å². The molecule has 2 aromatic carbocycles. The average molecular weight is 572 g/mol. The highest BCUT2D eigenvalue weighted by molar-refractivity contribution is 7.99. The van der Waals surface area contributed by atoms with E-state index in [-0.39, 0.29) is 29.4 Å². The van der Waals surface area contributed by atoms with Gasteiger partial charge in [0.05, 0.1) is 24.5 Å². The molecule has 0 aliphatic rings. The van der Waals surface area contributed by atoms with Gasteiger partial charge in [0.25, 0.3) is 0 Å². The van der Waals surface area contributed by atoms with Crippen molar-refractivity contribution >= 4 is 33.4 Å². The van der Waals surface area contributed by atoms with E-state index in [9.17, 15) is 30.8 Å². The number of rotatable bonds is 11. The highest BCUT2D eigenvalue weighted by Crippen LogP contribution is 2.31. The van der Waals surface area contributed by atoms with Crippen molar-refractivity contribution in [2.45, 2.75) is 30.6 Å². The average Bonchev–Trinajstić information content (AvgIpc) is 2.85. The first kappa shape index (κ1) is 29.2. The SMILES string of the molecule is CC(C(=O)NCc1ccc(C(F)(F)F)nc1SCCOc1ccccc1)c1ccc(NS(C)(=O)=O)c(F)c1. The monoisotopic (exact) mass is 571 g/mol. The third kappa shape index (κ3) is 8.62. The lowest BCUT2D eigenvalue weighted by molar-refractivity contribution is -0.141. The maximum absolute atomic E-state index is 14.3. The molecule has 1 amide bonds. The molecule has 0 bridgehead atoms. The zero-order chi connectivity index (χ0) is 27.9. The van der Waals surface area contributed by atoms with Crippen LogP contribution < -0.4 is 14.8 Å². The van der Waals surface area contributed by atoms with E-state index in [4.69, 9.17) is 4.74 Å². The number of ether oxygens (including phenoxy) is 1. The fourth-order valence-corrected chi connectivity index (χ4v) is 4.68. The van der Waals surface area contributed by atoms with Gasteiger partial charge in [0.1, 0.15) is 22.3 Å². The number of halogens is 4. The van der Waals surface area contributed by atoms with Crippen molar-refractivity contribution in [2.24, 2.45) is 0 Å². The number of benzene rings is 2. The fraction of sp³-hybridized carbons (Fsp3) is 0.280. The maximum atomic E-state index is 14.3. The second-order valence-corrected chi connectivity index (χ2v) is 11.1. The number of nitrogens with zero attached hydrogens (tertiary/aromatic N) is 1. The van der Waals surface area contributed by atoms with Crippen LogP contribution in [-0.2, 0) is 27.5 Å². The summed E-state index contributed by atoms with van der Waals surface area (Å²) in [6.07, 6.45) is -3.75. The summed E-state index contributed by atoms with van der Waals surface area (Å²) in [6.45, 7) is 1.65. The molecule has 13 heteroatoms. The Balaban J connectivity index is 1.67. The van der Waals surface area contributed by atoms with E-state index in [0.29, 0.717) is 17.1 Å². The van der Waals surface area contributed by atoms with E-state index >= 15 is 0 Å². The predicted molar refractivity (Wildman–Crippen MR) is 137 cm³/mol. The number of nitrogens with one attached hydrogen (secondary N) is 2. The number of thioether (sulfide) groups is 1. The Kier molecular flexibility index (Phi) is 9.60. The lowest BCUT2D eigenvalue weighted by Crippen LogP contribution is -2.28. The number of para-hydroxylation sites is 1. The molecule has 0 radical (unpaired) electrons. The lowest BCUT2D eigenvalue weighted by atomic mass is 9.99. The van der Waals surface area contributed by atoms with Crippen LogP contribution in [0.5, 0.6) is 5.75 Å². The molecule has 1 heterocycles. The van der Waals surface area contributed by atoms with Crippen molar-refractivity contribution in [1.82, 2.24) is 10.3 Å². The third-order valence-electron chi connectivity index (χ3n) is 5.20. The van der Waals surface area contributed by atoms with Gasteiger partial charge in [0.15, 0.2) is 0 Å². The summed E-state index contributed by atoms with van der Waals surface area (Å²) in [5.41, 5.74) is -0.636. The van der Waals surface area contributed by atoms with E-state index in [1.54, 1.807) is 24.3 Å². The zero-order valence-electron chi connectivity index (χ0n) is 20.4. The van der Waals surface area contributed by atoms with Crippen LogP contribution in [0.1, 0.15) is 29.7 Å². The standard InChI is InChI=1S/C25H25F4N3O4S2/c1-16(17-8-10-21(20(26)14-17)32-38(2,34)35)23(33)30-15-18-9-11-22(25(27,28)29)31-24(18)37-13-12-36-19-6-4-3-5-7-19/h3-11,14,16,32H,12-13,15H2,1-2H3,(H,30,33). The number of hydrogen-bond acceptors (Lipinski definition) is 6. The molecule has 0 saturated carbocycles. The summed E-state index contributed by atoms with van der Waals surface area (Å²) in [7, 11) is -3.68. The van der Waals surface area contributed by atoms with Crippen LogP contribution in [0.2, 0.25) is 0 Å². The normalized spacial score (nSPS) is 12.6. The Bertz CT molecular complexity index is 1370. The van der Waals surface area contributed by atoms with Crippen LogP contribution in [-0.4, -0.2) is 37.9 Å². The minimum absolute atomic E-state index is 0.103. The van der Waals surface area contributed by atoms with E-state index in [2.05, 4.69) is 10.3 Å². The van der Waals surface area contributed by atoms with Crippen LogP contribution in [0, 0.1) is 5.82 Å². The number of aromatic nitrogens is 1. The molecule has 0 fully saturated rings. The van der Waals surface area contributed by atoms with Crippen molar-refractivity contribution < 1.29 is 35.5 Å². The first-order chi connectivity index (χ1) is 17.8. The van der Waals surface area contributed by atoms with Gasteiger partial charge in [-0.15, -0.1) is 11.8 Å². The second kappa shape index (κ2) is 12.5. The molecule has 3 rings (SSSR count). The Morgan fingerprint density at radius 1 is 1.11 bits per heavy atom. The van der Waals surface area contributed by atoms with Crippen molar-refractivity contribution in [3.8, 4) is 5.75 Å².